The molecular formula is C16H24N2O4. The molecule has 0 aliphatic heterocycles. The lowest BCUT2D eigenvalue weighted by atomic mass is 10.0. The fourth-order valence-corrected chi connectivity index (χ4v) is 1.99. The van der Waals surface area contributed by atoms with Gasteiger partial charge in [0.1, 0.15) is 6.04 Å². The van der Waals surface area contributed by atoms with Crippen LogP contribution in [0.25, 0.3) is 0 Å². The summed E-state index contributed by atoms with van der Waals surface area (Å²) in [4.78, 5) is 23.5. The van der Waals surface area contributed by atoms with Crippen molar-refractivity contribution in [3.8, 4) is 11.5 Å². The van der Waals surface area contributed by atoms with Gasteiger partial charge in [-0.1, -0.05) is 13.8 Å². The average molecular weight is 308 g/mol. The van der Waals surface area contributed by atoms with Crippen LogP contribution in [-0.4, -0.2) is 31.6 Å². The number of ether oxygens (including phenoxy) is 2. The molecule has 1 rings (SSSR count). The van der Waals surface area contributed by atoms with Crippen molar-refractivity contribution >= 4 is 17.5 Å². The van der Waals surface area contributed by atoms with Crippen molar-refractivity contribution in [2.45, 2.75) is 33.7 Å². The lowest BCUT2D eigenvalue weighted by molar-refractivity contribution is -0.126. The van der Waals surface area contributed by atoms with Gasteiger partial charge in [-0.2, -0.15) is 0 Å². The summed E-state index contributed by atoms with van der Waals surface area (Å²) in [5.74, 6) is 0.633. The molecule has 2 amide bonds. The molecule has 22 heavy (non-hydrogen) atoms. The van der Waals surface area contributed by atoms with E-state index in [2.05, 4.69) is 10.6 Å². The van der Waals surface area contributed by atoms with Crippen LogP contribution in [0.3, 0.4) is 0 Å². The minimum atomic E-state index is -0.588. The predicted molar refractivity (Wildman–Crippen MR) is 85.2 cm³/mol. The number of carbonyl (C=O) groups is 2. The molecule has 6 nitrogen and oxygen atoms in total. The van der Waals surface area contributed by atoms with Gasteiger partial charge >= 0.3 is 0 Å². The highest BCUT2D eigenvalue weighted by Gasteiger charge is 2.23. The van der Waals surface area contributed by atoms with Gasteiger partial charge in [-0.15, -0.1) is 0 Å². The van der Waals surface area contributed by atoms with Gasteiger partial charge in [0.2, 0.25) is 11.8 Å². The number of rotatable bonds is 7. The Morgan fingerprint density at radius 2 is 1.91 bits per heavy atom. The summed E-state index contributed by atoms with van der Waals surface area (Å²) < 4.78 is 10.7. The van der Waals surface area contributed by atoms with Crippen LogP contribution in [-0.2, 0) is 9.59 Å². The molecule has 0 radical (unpaired) electrons. The molecule has 1 atom stereocenters. The number of hydrogen-bond acceptors (Lipinski definition) is 4. The van der Waals surface area contributed by atoms with Crippen LogP contribution < -0.4 is 20.1 Å². The third-order valence-electron chi connectivity index (χ3n) is 3.04. The van der Waals surface area contributed by atoms with Gasteiger partial charge in [0.05, 0.1) is 13.7 Å². The maximum atomic E-state index is 12.3. The number of benzene rings is 1. The molecule has 2 N–H and O–H groups in total. The largest absolute Gasteiger partial charge is 0.493 e. The molecule has 0 fully saturated rings. The standard InChI is InChI=1S/C16H24N2O4/c1-6-22-13-8-7-12(9-14(13)21-5)18-16(20)15(10(2)3)17-11(4)19/h7-10,15H,6H2,1-5H3,(H,17,19)(H,18,20)/t15-/m1/s1. The fourth-order valence-electron chi connectivity index (χ4n) is 1.99. The topological polar surface area (TPSA) is 76.7 Å². The smallest absolute Gasteiger partial charge is 0.247 e. The minimum Gasteiger partial charge on any atom is -0.493 e. The molecular weight excluding hydrogens is 284 g/mol. The van der Waals surface area contributed by atoms with Crippen molar-refractivity contribution in [1.29, 1.82) is 0 Å². The fraction of sp³-hybridized carbons (Fsp3) is 0.500. The zero-order valence-corrected chi connectivity index (χ0v) is 13.7. The van der Waals surface area contributed by atoms with Gasteiger partial charge in [0.25, 0.3) is 0 Å². The molecule has 0 aliphatic carbocycles. The summed E-state index contributed by atoms with van der Waals surface area (Å²) in [6, 6.07) is 4.57. The Morgan fingerprint density at radius 3 is 2.41 bits per heavy atom. The Kier molecular flexibility index (Phi) is 6.69. The number of hydrogen-bond donors (Lipinski definition) is 2. The van der Waals surface area contributed by atoms with Crippen molar-refractivity contribution in [3.63, 3.8) is 0 Å². The van der Waals surface area contributed by atoms with E-state index in [1.54, 1.807) is 18.2 Å². The Balaban J connectivity index is 2.88. The molecule has 0 heterocycles. The molecule has 0 saturated heterocycles. The Labute approximate surface area is 131 Å². The molecule has 0 unspecified atom stereocenters. The van der Waals surface area contributed by atoms with E-state index >= 15 is 0 Å². The SMILES string of the molecule is CCOc1ccc(NC(=O)[C@H](NC(C)=O)C(C)C)cc1OC. The number of amides is 2. The van der Waals surface area contributed by atoms with Crippen LogP contribution in [0, 0.1) is 5.92 Å². The highest BCUT2D eigenvalue weighted by Crippen LogP contribution is 2.30. The summed E-state index contributed by atoms with van der Waals surface area (Å²) in [7, 11) is 1.54. The van der Waals surface area contributed by atoms with Gasteiger partial charge in [0.15, 0.2) is 11.5 Å². The Morgan fingerprint density at radius 1 is 1.23 bits per heavy atom. The van der Waals surface area contributed by atoms with Gasteiger partial charge in [-0.25, -0.2) is 0 Å². The second-order valence-electron chi connectivity index (χ2n) is 5.21. The van der Waals surface area contributed by atoms with Crippen LogP contribution in [0.5, 0.6) is 11.5 Å². The molecule has 0 spiro atoms. The normalized spacial score (nSPS) is 11.7. The Hall–Kier alpha value is -2.24. The molecule has 122 valence electrons. The molecule has 1 aromatic carbocycles. The maximum absolute atomic E-state index is 12.3. The average Bonchev–Trinajstić information content (AvgIpc) is 2.45. The Bertz CT molecular complexity index is 529. The van der Waals surface area contributed by atoms with Gasteiger partial charge < -0.3 is 20.1 Å². The zero-order valence-electron chi connectivity index (χ0n) is 13.7. The predicted octanol–water partition coefficient (Wildman–Crippen LogP) is 2.19. The van der Waals surface area contributed by atoms with E-state index in [0.29, 0.717) is 23.8 Å². The second kappa shape index (κ2) is 8.26. The van der Waals surface area contributed by atoms with Crippen LogP contribution in [0.1, 0.15) is 27.7 Å². The first kappa shape index (κ1) is 17.8. The monoisotopic (exact) mass is 308 g/mol. The van der Waals surface area contributed by atoms with E-state index in [4.69, 9.17) is 9.47 Å². The van der Waals surface area contributed by atoms with Crippen molar-refractivity contribution in [1.82, 2.24) is 5.32 Å². The van der Waals surface area contributed by atoms with Crippen LogP contribution in [0.15, 0.2) is 18.2 Å². The third-order valence-corrected chi connectivity index (χ3v) is 3.04. The molecule has 0 saturated carbocycles. The first-order valence-corrected chi connectivity index (χ1v) is 7.27. The second-order valence-corrected chi connectivity index (χ2v) is 5.21. The molecule has 0 bridgehead atoms. The summed E-state index contributed by atoms with van der Waals surface area (Å²) in [6.45, 7) is 7.55. The van der Waals surface area contributed by atoms with E-state index in [9.17, 15) is 9.59 Å². The maximum Gasteiger partial charge on any atom is 0.247 e. The van der Waals surface area contributed by atoms with Crippen molar-refractivity contribution in [2.24, 2.45) is 5.92 Å². The lowest BCUT2D eigenvalue weighted by Crippen LogP contribution is -2.46. The number of methoxy groups -OCH3 is 1. The van der Waals surface area contributed by atoms with E-state index in [1.807, 2.05) is 20.8 Å². The van der Waals surface area contributed by atoms with Crippen LogP contribution in [0.4, 0.5) is 5.69 Å². The van der Waals surface area contributed by atoms with E-state index < -0.39 is 6.04 Å². The van der Waals surface area contributed by atoms with E-state index in [1.165, 1.54) is 14.0 Å². The van der Waals surface area contributed by atoms with Crippen LogP contribution in [0.2, 0.25) is 0 Å². The van der Waals surface area contributed by atoms with Gasteiger partial charge in [0, 0.05) is 18.7 Å². The first-order chi connectivity index (χ1) is 10.4. The van der Waals surface area contributed by atoms with Crippen LogP contribution >= 0.6 is 0 Å². The zero-order chi connectivity index (χ0) is 16.7. The van der Waals surface area contributed by atoms with Gasteiger partial charge in [-0.05, 0) is 25.0 Å². The third kappa shape index (κ3) is 4.95. The highest BCUT2D eigenvalue weighted by molar-refractivity contribution is 5.97. The van der Waals surface area contributed by atoms with Crippen molar-refractivity contribution in [3.05, 3.63) is 18.2 Å². The number of nitrogens with one attached hydrogen (secondary N) is 2. The molecule has 1 aromatic rings. The van der Waals surface area contributed by atoms with Crippen molar-refractivity contribution < 1.29 is 19.1 Å². The highest BCUT2D eigenvalue weighted by atomic mass is 16.5. The minimum absolute atomic E-state index is 0.0199. The molecule has 0 aromatic heterocycles. The number of carbonyl (C=O) groups excluding carboxylic acids is 2. The lowest BCUT2D eigenvalue weighted by Gasteiger charge is -2.21. The van der Waals surface area contributed by atoms with Crippen molar-refractivity contribution in [2.75, 3.05) is 19.0 Å². The summed E-state index contributed by atoms with van der Waals surface area (Å²) in [5, 5.41) is 5.44. The quantitative estimate of drug-likeness (QED) is 0.809. The summed E-state index contributed by atoms with van der Waals surface area (Å²) >= 11 is 0. The van der Waals surface area contributed by atoms with Gasteiger partial charge in [-0.3, -0.25) is 9.59 Å². The van der Waals surface area contributed by atoms with E-state index in [0.717, 1.165) is 0 Å². The number of anilines is 1. The molecule has 0 aliphatic rings. The molecule has 6 heteroatoms. The summed E-state index contributed by atoms with van der Waals surface area (Å²) in [5.41, 5.74) is 0.585. The first-order valence-electron chi connectivity index (χ1n) is 7.27. The van der Waals surface area contributed by atoms with E-state index in [-0.39, 0.29) is 17.7 Å². The summed E-state index contributed by atoms with van der Waals surface area (Å²) in [6.07, 6.45) is 0.